The van der Waals surface area contributed by atoms with Gasteiger partial charge in [-0.2, -0.15) is 0 Å². The van der Waals surface area contributed by atoms with Gasteiger partial charge in [0.05, 0.1) is 0 Å². The van der Waals surface area contributed by atoms with E-state index in [0.29, 0.717) is 0 Å². The minimum atomic E-state index is 0.200. The Hall–Kier alpha value is -1.35. The molecule has 0 bridgehead atoms. The second kappa shape index (κ2) is 6.61. The maximum Gasteiger partial charge on any atom is 0.253 e. The van der Waals surface area contributed by atoms with Crippen molar-refractivity contribution in [1.82, 2.24) is 9.80 Å². The number of piperazine rings is 1. The number of benzene rings is 1. The summed E-state index contributed by atoms with van der Waals surface area (Å²) in [6.45, 7) is 6.04. The quantitative estimate of drug-likeness (QED) is 0.849. The summed E-state index contributed by atoms with van der Waals surface area (Å²) in [4.78, 5) is 17.1. The molecule has 3 rings (SSSR count). The van der Waals surface area contributed by atoms with Gasteiger partial charge in [-0.25, -0.2) is 0 Å². The fourth-order valence-electron chi connectivity index (χ4n) is 3.33. The molecule has 1 saturated heterocycles. The zero-order valence-corrected chi connectivity index (χ0v) is 13.1. The Morgan fingerprint density at radius 2 is 1.76 bits per heavy atom. The molecular formula is C18H26N2O. The Morgan fingerprint density at radius 3 is 2.29 bits per heavy atom. The summed E-state index contributed by atoms with van der Waals surface area (Å²) in [6, 6.07) is 8.98. The molecule has 1 aliphatic heterocycles. The Bertz CT molecular complexity index is 470. The molecule has 0 spiro atoms. The van der Waals surface area contributed by atoms with Crippen LogP contribution in [0.3, 0.4) is 0 Å². The van der Waals surface area contributed by atoms with Gasteiger partial charge in [0.2, 0.25) is 0 Å². The highest BCUT2D eigenvalue weighted by molar-refractivity contribution is 5.94. The first-order valence-electron chi connectivity index (χ1n) is 8.40. The average molecular weight is 286 g/mol. The molecule has 3 heteroatoms. The van der Waals surface area contributed by atoms with Crippen LogP contribution in [-0.4, -0.2) is 47.9 Å². The van der Waals surface area contributed by atoms with Crippen molar-refractivity contribution >= 4 is 5.91 Å². The van der Waals surface area contributed by atoms with E-state index in [-0.39, 0.29) is 5.91 Å². The van der Waals surface area contributed by atoms with Crippen LogP contribution in [0.5, 0.6) is 0 Å². The van der Waals surface area contributed by atoms with Gasteiger partial charge >= 0.3 is 0 Å². The second-order valence-electron chi connectivity index (χ2n) is 6.36. The van der Waals surface area contributed by atoms with E-state index in [0.717, 1.165) is 50.6 Å². The predicted octanol–water partition coefficient (Wildman–Crippen LogP) is 2.95. The van der Waals surface area contributed by atoms with Gasteiger partial charge in [0.15, 0.2) is 0 Å². The van der Waals surface area contributed by atoms with Crippen LogP contribution in [0.25, 0.3) is 0 Å². The molecule has 114 valence electrons. The molecule has 2 aliphatic rings. The Labute approximate surface area is 127 Å². The third-order valence-electron chi connectivity index (χ3n) is 4.93. The van der Waals surface area contributed by atoms with Crippen molar-refractivity contribution in [3.05, 3.63) is 35.4 Å². The van der Waals surface area contributed by atoms with E-state index in [1.807, 2.05) is 17.0 Å². The first-order chi connectivity index (χ1) is 10.3. The average Bonchev–Trinajstić information content (AvgIpc) is 2.47. The van der Waals surface area contributed by atoms with Crippen LogP contribution in [0.2, 0.25) is 0 Å². The fourth-order valence-corrected chi connectivity index (χ4v) is 3.33. The molecule has 1 aromatic rings. The van der Waals surface area contributed by atoms with Gasteiger partial charge in [-0.3, -0.25) is 9.69 Å². The normalized spacial score (nSPS) is 20.3. The molecular weight excluding hydrogens is 260 g/mol. The van der Waals surface area contributed by atoms with Crippen LogP contribution >= 0.6 is 0 Å². The van der Waals surface area contributed by atoms with Crippen LogP contribution < -0.4 is 0 Å². The zero-order chi connectivity index (χ0) is 14.7. The number of hydrogen-bond donors (Lipinski definition) is 0. The van der Waals surface area contributed by atoms with Gasteiger partial charge in [-0.1, -0.05) is 31.9 Å². The number of aryl methyl sites for hydroxylation is 1. The summed E-state index contributed by atoms with van der Waals surface area (Å²) in [6.07, 6.45) is 6.33. The van der Waals surface area contributed by atoms with Gasteiger partial charge < -0.3 is 4.90 Å². The van der Waals surface area contributed by atoms with E-state index in [1.54, 1.807) is 0 Å². The van der Waals surface area contributed by atoms with Crippen LogP contribution in [0.15, 0.2) is 24.3 Å². The molecule has 1 aromatic carbocycles. The molecule has 0 atom stereocenters. The van der Waals surface area contributed by atoms with Crippen molar-refractivity contribution in [2.75, 3.05) is 26.2 Å². The molecule has 1 aliphatic carbocycles. The molecule has 1 saturated carbocycles. The number of rotatable bonds is 4. The summed E-state index contributed by atoms with van der Waals surface area (Å²) < 4.78 is 0. The molecule has 0 N–H and O–H groups in total. The van der Waals surface area contributed by atoms with E-state index in [4.69, 9.17) is 0 Å². The van der Waals surface area contributed by atoms with Gasteiger partial charge in [0.1, 0.15) is 0 Å². The molecule has 0 aromatic heterocycles. The number of carbonyl (C=O) groups excluding carboxylic acids is 1. The summed E-state index contributed by atoms with van der Waals surface area (Å²) >= 11 is 0. The Morgan fingerprint density at radius 1 is 1.10 bits per heavy atom. The third kappa shape index (κ3) is 3.29. The van der Waals surface area contributed by atoms with Gasteiger partial charge in [-0.15, -0.1) is 0 Å². The highest BCUT2D eigenvalue weighted by Crippen LogP contribution is 2.25. The topological polar surface area (TPSA) is 23.6 Å². The molecule has 0 unspecified atom stereocenters. The molecule has 2 fully saturated rings. The molecule has 1 heterocycles. The molecule has 21 heavy (non-hydrogen) atoms. The minimum absolute atomic E-state index is 0.200. The van der Waals surface area contributed by atoms with Crippen LogP contribution in [0.1, 0.15) is 48.5 Å². The summed E-state index contributed by atoms with van der Waals surface area (Å²) in [5.74, 6) is 0.200. The van der Waals surface area contributed by atoms with Gasteiger partial charge in [0.25, 0.3) is 5.91 Å². The van der Waals surface area contributed by atoms with Crippen molar-refractivity contribution in [3.8, 4) is 0 Å². The lowest BCUT2D eigenvalue weighted by molar-refractivity contribution is 0.0455. The monoisotopic (exact) mass is 286 g/mol. The Balaban J connectivity index is 1.55. The maximum absolute atomic E-state index is 12.5. The number of carbonyl (C=O) groups is 1. The van der Waals surface area contributed by atoms with E-state index in [1.165, 1.54) is 24.8 Å². The van der Waals surface area contributed by atoms with Crippen molar-refractivity contribution in [3.63, 3.8) is 0 Å². The van der Waals surface area contributed by atoms with E-state index in [9.17, 15) is 4.79 Å². The molecule has 3 nitrogen and oxygen atoms in total. The first kappa shape index (κ1) is 14.6. The van der Waals surface area contributed by atoms with E-state index < -0.39 is 0 Å². The van der Waals surface area contributed by atoms with E-state index >= 15 is 0 Å². The van der Waals surface area contributed by atoms with Gasteiger partial charge in [0, 0.05) is 37.8 Å². The SMILES string of the molecule is CCCc1ccc(C(=O)N2CCN(C3CCC3)CC2)cc1. The lowest BCUT2D eigenvalue weighted by atomic mass is 9.91. The van der Waals surface area contributed by atoms with Crippen LogP contribution in [-0.2, 0) is 6.42 Å². The molecule has 0 radical (unpaired) electrons. The smallest absolute Gasteiger partial charge is 0.253 e. The highest BCUT2D eigenvalue weighted by atomic mass is 16.2. The number of amides is 1. The summed E-state index contributed by atoms with van der Waals surface area (Å²) in [5.41, 5.74) is 2.16. The fraction of sp³-hybridized carbons (Fsp3) is 0.611. The van der Waals surface area contributed by atoms with Crippen molar-refractivity contribution < 1.29 is 4.79 Å². The second-order valence-corrected chi connectivity index (χ2v) is 6.36. The number of hydrogen-bond acceptors (Lipinski definition) is 2. The zero-order valence-electron chi connectivity index (χ0n) is 13.1. The third-order valence-corrected chi connectivity index (χ3v) is 4.93. The first-order valence-corrected chi connectivity index (χ1v) is 8.40. The highest BCUT2D eigenvalue weighted by Gasteiger charge is 2.29. The van der Waals surface area contributed by atoms with Crippen molar-refractivity contribution in [2.45, 2.75) is 45.1 Å². The van der Waals surface area contributed by atoms with Gasteiger partial charge in [-0.05, 0) is 37.0 Å². The van der Waals surface area contributed by atoms with Crippen LogP contribution in [0, 0.1) is 0 Å². The van der Waals surface area contributed by atoms with Crippen molar-refractivity contribution in [1.29, 1.82) is 0 Å². The largest absolute Gasteiger partial charge is 0.336 e. The lowest BCUT2D eigenvalue weighted by Gasteiger charge is -2.42. The Kier molecular flexibility index (Phi) is 4.59. The summed E-state index contributed by atoms with van der Waals surface area (Å²) in [7, 11) is 0. The van der Waals surface area contributed by atoms with E-state index in [2.05, 4.69) is 24.0 Å². The predicted molar refractivity (Wildman–Crippen MR) is 85.6 cm³/mol. The van der Waals surface area contributed by atoms with Crippen LogP contribution in [0.4, 0.5) is 0 Å². The lowest BCUT2D eigenvalue weighted by Crippen LogP contribution is -2.53. The van der Waals surface area contributed by atoms with Crippen molar-refractivity contribution in [2.24, 2.45) is 0 Å². The maximum atomic E-state index is 12.5. The number of nitrogens with zero attached hydrogens (tertiary/aromatic N) is 2. The molecule has 1 amide bonds. The minimum Gasteiger partial charge on any atom is -0.336 e. The standard InChI is InChI=1S/C18H26N2O/c1-2-4-15-7-9-16(10-8-15)18(21)20-13-11-19(12-14-20)17-5-3-6-17/h7-10,17H,2-6,11-14H2,1H3. The summed E-state index contributed by atoms with van der Waals surface area (Å²) in [5, 5.41) is 0.